The Morgan fingerprint density at radius 2 is 2.04 bits per heavy atom. The van der Waals surface area contributed by atoms with E-state index < -0.39 is 0 Å². The Hall–Kier alpha value is -2.75. The Morgan fingerprint density at radius 1 is 1.22 bits per heavy atom. The van der Waals surface area contributed by atoms with Gasteiger partial charge in [0.25, 0.3) is 0 Å². The summed E-state index contributed by atoms with van der Waals surface area (Å²) in [5.74, 6) is 1.01. The van der Waals surface area contributed by atoms with E-state index in [1.54, 1.807) is 7.11 Å². The van der Waals surface area contributed by atoms with E-state index in [0.29, 0.717) is 6.42 Å². The monoisotopic (exact) mass is 362 g/mol. The fourth-order valence-corrected chi connectivity index (χ4v) is 4.16. The van der Waals surface area contributed by atoms with Crippen LogP contribution in [0.2, 0.25) is 0 Å². The van der Waals surface area contributed by atoms with Crippen LogP contribution >= 0.6 is 0 Å². The van der Waals surface area contributed by atoms with Crippen molar-refractivity contribution in [3.05, 3.63) is 65.4 Å². The molecule has 1 N–H and O–H groups in total. The van der Waals surface area contributed by atoms with E-state index in [9.17, 15) is 4.79 Å². The number of methoxy groups -OCH3 is 1. The molecule has 2 aromatic carbocycles. The molecule has 1 atom stereocenters. The van der Waals surface area contributed by atoms with Crippen LogP contribution in [0.15, 0.2) is 48.5 Å². The van der Waals surface area contributed by atoms with Gasteiger partial charge in [-0.05, 0) is 48.6 Å². The first-order chi connectivity index (χ1) is 13.2. The topological polar surface area (TPSA) is 43.3 Å². The second-order valence-electron chi connectivity index (χ2n) is 7.24. The molecule has 0 bridgehead atoms. The van der Waals surface area contributed by atoms with E-state index in [0.717, 1.165) is 31.6 Å². The number of carbonyl (C=O) groups excluding carboxylic acids is 1. The maximum absolute atomic E-state index is 11.9. The van der Waals surface area contributed by atoms with Gasteiger partial charge in [-0.2, -0.15) is 0 Å². The highest BCUT2D eigenvalue weighted by Gasteiger charge is 2.26. The molecule has 27 heavy (non-hydrogen) atoms. The van der Waals surface area contributed by atoms with Crippen molar-refractivity contribution in [2.24, 2.45) is 0 Å². The van der Waals surface area contributed by atoms with Gasteiger partial charge in [0, 0.05) is 35.6 Å². The largest absolute Gasteiger partial charge is 0.497 e. The Kier molecular flexibility index (Phi) is 4.88. The number of benzene rings is 2. The predicted octanol–water partition coefficient (Wildman–Crippen LogP) is 4.08. The number of carbonyl (C=O) groups is 1. The molecule has 3 aromatic rings. The fourth-order valence-electron chi connectivity index (χ4n) is 4.16. The van der Waals surface area contributed by atoms with Gasteiger partial charge >= 0.3 is 0 Å². The minimum absolute atomic E-state index is 0.133. The van der Waals surface area contributed by atoms with Crippen LogP contribution in [0.4, 0.5) is 0 Å². The molecule has 1 aromatic heterocycles. The molecule has 140 valence electrons. The van der Waals surface area contributed by atoms with Gasteiger partial charge in [0.15, 0.2) is 0 Å². The summed E-state index contributed by atoms with van der Waals surface area (Å²) in [7, 11) is 1.71. The second kappa shape index (κ2) is 7.47. The number of nitrogens with one attached hydrogen (secondary N) is 1. The minimum atomic E-state index is 0.133. The van der Waals surface area contributed by atoms with E-state index >= 15 is 0 Å². The van der Waals surface area contributed by atoms with Gasteiger partial charge in [-0.15, -0.1) is 0 Å². The first-order valence-corrected chi connectivity index (χ1v) is 9.71. The van der Waals surface area contributed by atoms with Crippen molar-refractivity contribution in [2.75, 3.05) is 7.11 Å². The average molecular weight is 362 g/mol. The van der Waals surface area contributed by atoms with Crippen molar-refractivity contribution < 1.29 is 9.53 Å². The quantitative estimate of drug-likeness (QED) is 0.743. The number of aromatic nitrogens is 1. The molecule has 0 saturated carbocycles. The van der Waals surface area contributed by atoms with Crippen LogP contribution in [0, 0.1) is 0 Å². The Morgan fingerprint density at radius 3 is 2.78 bits per heavy atom. The number of ether oxygens (including phenoxy) is 1. The summed E-state index contributed by atoms with van der Waals surface area (Å²) < 4.78 is 7.91. The maximum Gasteiger partial charge on any atom is 0.219 e. The number of hydrogen-bond donors (Lipinski definition) is 1. The summed E-state index contributed by atoms with van der Waals surface area (Å²) in [5.41, 5.74) is 5.29. The summed E-state index contributed by atoms with van der Waals surface area (Å²) in [5, 5.41) is 4.43. The summed E-state index contributed by atoms with van der Waals surface area (Å²) in [4.78, 5) is 11.9. The number of rotatable bonds is 5. The van der Waals surface area contributed by atoms with Crippen LogP contribution in [-0.2, 0) is 24.2 Å². The lowest BCUT2D eigenvalue weighted by Crippen LogP contribution is -2.38. The lowest BCUT2D eigenvalue weighted by Gasteiger charge is -2.25. The summed E-state index contributed by atoms with van der Waals surface area (Å²) in [6.07, 6.45) is 3.38. The molecule has 1 heterocycles. The highest BCUT2D eigenvalue weighted by molar-refractivity contribution is 5.87. The van der Waals surface area contributed by atoms with Gasteiger partial charge in [0.1, 0.15) is 5.75 Å². The Balaban J connectivity index is 1.77. The number of hydrogen-bond acceptors (Lipinski definition) is 2. The molecule has 0 spiro atoms. The Labute approximate surface area is 160 Å². The summed E-state index contributed by atoms with van der Waals surface area (Å²) in [6, 6.07) is 17.1. The van der Waals surface area contributed by atoms with Crippen LogP contribution in [0.5, 0.6) is 5.75 Å². The van der Waals surface area contributed by atoms with Gasteiger partial charge in [-0.25, -0.2) is 0 Å². The van der Waals surface area contributed by atoms with E-state index in [1.807, 2.05) is 13.0 Å². The molecule has 0 radical (unpaired) electrons. The SMILES string of the molecule is CCC(=O)NC1CCc2c(c3cc(OC)ccc3n2Cc2ccccc2)C1. The van der Waals surface area contributed by atoms with Gasteiger partial charge in [-0.1, -0.05) is 37.3 Å². The van der Waals surface area contributed by atoms with Gasteiger partial charge in [0.2, 0.25) is 5.91 Å². The predicted molar refractivity (Wildman–Crippen MR) is 108 cm³/mol. The van der Waals surface area contributed by atoms with Crippen molar-refractivity contribution >= 4 is 16.8 Å². The molecule has 1 unspecified atom stereocenters. The summed E-state index contributed by atoms with van der Waals surface area (Å²) >= 11 is 0. The number of fused-ring (bicyclic) bond motifs is 3. The van der Waals surface area contributed by atoms with Crippen molar-refractivity contribution in [3.63, 3.8) is 0 Å². The molecule has 4 heteroatoms. The van der Waals surface area contributed by atoms with Gasteiger partial charge in [-0.3, -0.25) is 4.79 Å². The zero-order valence-electron chi connectivity index (χ0n) is 16.0. The highest BCUT2D eigenvalue weighted by atomic mass is 16.5. The van der Waals surface area contributed by atoms with Crippen LogP contribution in [-0.4, -0.2) is 23.6 Å². The minimum Gasteiger partial charge on any atom is -0.497 e. The first-order valence-electron chi connectivity index (χ1n) is 9.71. The molecule has 0 saturated heterocycles. The fraction of sp³-hybridized carbons (Fsp3) is 0.348. The van der Waals surface area contributed by atoms with Gasteiger partial charge < -0.3 is 14.6 Å². The van der Waals surface area contributed by atoms with Crippen molar-refractivity contribution in [2.45, 2.75) is 45.2 Å². The van der Waals surface area contributed by atoms with E-state index in [1.165, 1.54) is 27.7 Å². The highest BCUT2D eigenvalue weighted by Crippen LogP contribution is 2.35. The smallest absolute Gasteiger partial charge is 0.219 e. The lowest BCUT2D eigenvalue weighted by atomic mass is 9.91. The Bertz CT molecular complexity index is 959. The lowest BCUT2D eigenvalue weighted by molar-refractivity contribution is -0.121. The van der Waals surface area contributed by atoms with Crippen LogP contribution < -0.4 is 10.1 Å². The molecule has 4 rings (SSSR count). The van der Waals surface area contributed by atoms with Crippen LogP contribution in [0.3, 0.4) is 0 Å². The second-order valence-corrected chi connectivity index (χ2v) is 7.24. The molecule has 1 aliphatic carbocycles. The number of amides is 1. The van der Waals surface area contributed by atoms with Crippen molar-refractivity contribution in [1.29, 1.82) is 0 Å². The van der Waals surface area contributed by atoms with E-state index in [-0.39, 0.29) is 11.9 Å². The molecular formula is C23H26N2O2. The average Bonchev–Trinajstić information content (AvgIpc) is 3.01. The van der Waals surface area contributed by atoms with Crippen LogP contribution in [0.1, 0.15) is 36.6 Å². The zero-order chi connectivity index (χ0) is 18.8. The van der Waals surface area contributed by atoms with Crippen molar-refractivity contribution in [3.8, 4) is 5.75 Å². The zero-order valence-corrected chi connectivity index (χ0v) is 16.0. The third kappa shape index (κ3) is 3.44. The number of nitrogens with zero attached hydrogens (tertiary/aromatic N) is 1. The first kappa shape index (κ1) is 17.7. The molecule has 4 nitrogen and oxygen atoms in total. The standard InChI is InChI=1S/C23H26N2O2/c1-3-23(26)24-17-9-11-21-19(13-17)20-14-18(27-2)10-12-22(20)25(21)15-16-7-5-4-6-8-16/h4-8,10,12,14,17H,3,9,11,13,15H2,1-2H3,(H,24,26). The third-order valence-corrected chi connectivity index (χ3v) is 5.54. The van der Waals surface area contributed by atoms with E-state index in [4.69, 9.17) is 4.74 Å². The molecule has 1 amide bonds. The summed E-state index contributed by atoms with van der Waals surface area (Å²) in [6.45, 7) is 2.77. The normalized spacial score (nSPS) is 16.1. The maximum atomic E-state index is 11.9. The molecule has 0 fully saturated rings. The third-order valence-electron chi connectivity index (χ3n) is 5.54. The van der Waals surface area contributed by atoms with Gasteiger partial charge in [0.05, 0.1) is 7.11 Å². The van der Waals surface area contributed by atoms with Crippen molar-refractivity contribution in [1.82, 2.24) is 9.88 Å². The molecule has 0 aliphatic heterocycles. The molecular weight excluding hydrogens is 336 g/mol. The molecule has 1 aliphatic rings. The van der Waals surface area contributed by atoms with E-state index in [2.05, 4.69) is 52.3 Å². The van der Waals surface area contributed by atoms with Crippen LogP contribution in [0.25, 0.3) is 10.9 Å².